The zero-order chi connectivity index (χ0) is 44.8. The Morgan fingerprint density at radius 3 is 1.43 bits per heavy atom. The van der Waals surface area contributed by atoms with Gasteiger partial charge in [0, 0.05) is 37.0 Å². The number of rotatable bonds is 16. The molecule has 0 aliphatic carbocycles. The highest BCUT2D eigenvalue weighted by Crippen LogP contribution is 2.40. The summed E-state index contributed by atoms with van der Waals surface area (Å²) in [6, 6.07) is 20.5. The number of hydrogen-bond acceptors (Lipinski definition) is 11. The summed E-state index contributed by atoms with van der Waals surface area (Å²) >= 11 is 0. The van der Waals surface area contributed by atoms with Gasteiger partial charge in [0.1, 0.15) is 22.8 Å². The summed E-state index contributed by atoms with van der Waals surface area (Å²) < 4.78 is 94.8. The van der Waals surface area contributed by atoms with Gasteiger partial charge >= 0.3 is 23.9 Å². The number of ether oxygens (including phenoxy) is 3. The van der Waals surface area contributed by atoms with Gasteiger partial charge < -0.3 is 19.3 Å². The molecule has 0 heterocycles. The van der Waals surface area contributed by atoms with Crippen LogP contribution in [0.3, 0.4) is 0 Å². The highest BCUT2D eigenvalue weighted by atomic mass is 32.2. The Balaban J connectivity index is 1.68. The van der Waals surface area contributed by atoms with Crippen molar-refractivity contribution in [2.24, 2.45) is 0 Å². The van der Waals surface area contributed by atoms with Gasteiger partial charge in [-0.1, -0.05) is 48.5 Å². The summed E-state index contributed by atoms with van der Waals surface area (Å²) in [7, 11) is -7.26. The third kappa shape index (κ3) is 11.8. The van der Waals surface area contributed by atoms with Crippen LogP contribution in [0.4, 0.5) is 8.78 Å². The molecule has 0 fully saturated rings. The van der Waals surface area contributed by atoms with Gasteiger partial charge in [0.05, 0.1) is 27.5 Å². The largest absolute Gasteiger partial charge is 0.478 e. The first-order valence-corrected chi connectivity index (χ1v) is 22.0. The minimum Gasteiger partial charge on any atom is -0.478 e. The maximum atomic E-state index is 14.7. The van der Waals surface area contributed by atoms with Crippen molar-refractivity contribution >= 4 is 65.8 Å². The molecule has 0 aliphatic heterocycles. The molecule has 1 N–H and O–H groups in total. The van der Waals surface area contributed by atoms with E-state index in [0.717, 1.165) is 43.7 Å². The molecule has 12 nitrogen and oxygen atoms in total. The molecule has 4 rings (SSSR count). The lowest BCUT2D eigenvalue weighted by Gasteiger charge is -2.31. The Hall–Kier alpha value is -6.00. The molecule has 4 aromatic rings. The predicted octanol–water partition coefficient (Wildman–Crippen LogP) is 7.37. The minimum absolute atomic E-state index is 0.0264. The summed E-state index contributed by atoms with van der Waals surface area (Å²) in [4.78, 5) is 52.4. The van der Waals surface area contributed by atoms with Crippen molar-refractivity contribution in [2.45, 2.75) is 68.5 Å². The van der Waals surface area contributed by atoms with Crippen molar-refractivity contribution in [3.63, 3.8) is 0 Å². The van der Waals surface area contributed by atoms with Crippen LogP contribution in [-0.2, 0) is 53.1 Å². The zero-order valence-electron chi connectivity index (χ0n) is 33.9. The van der Waals surface area contributed by atoms with Gasteiger partial charge in [0.15, 0.2) is 19.7 Å². The lowest BCUT2D eigenvalue weighted by molar-refractivity contribution is -0.153. The van der Waals surface area contributed by atoms with E-state index < -0.39 is 72.0 Å². The van der Waals surface area contributed by atoms with E-state index in [4.69, 9.17) is 14.2 Å². The van der Waals surface area contributed by atoms with Crippen molar-refractivity contribution in [3.05, 3.63) is 131 Å². The molecule has 0 radical (unpaired) electrons. The van der Waals surface area contributed by atoms with E-state index in [1.54, 1.807) is 0 Å². The van der Waals surface area contributed by atoms with Gasteiger partial charge in [0.2, 0.25) is 0 Å². The van der Waals surface area contributed by atoms with Gasteiger partial charge in [-0.05, 0) is 105 Å². The van der Waals surface area contributed by atoms with Gasteiger partial charge in [-0.15, -0.1) is 0 Å². The van der Waals surface area contributed by atoms with Gasteiger partial charge in [-0.3, -0.25) is 9.59 Å². The average Bonchev–Trinajstić information content (AvgIpc) is 3.12. The molecule has 16 heteroatoms. The second-order valence-corrected chi connectivity index (χ2v) is 18.8. The maximum absolute atomic E-state index is 14.7. The lowest BCUT2D eigenvalue weighted by Crippen LogP contribution is -2.32. The smallest absolute Gasteiger partial charge is 0.339 e. The predicted molar refractivity (Wildman–Crippen MR) is 219 cm³/mol. The second kappa shape index (κ2) is 18.5. The quantitative estimate of drug-likeness (QED) is 0.0389. The van der Waals surface area contributed by atoms with Gasteiger partial charge in [-0.2, -0.15) is 0 Å². The van der Waals surface area contributed by atoms with Crippen LogP contribution in [0.25, 0.3) is 22.3 Å². The zero-order valence-corrected chi connectivity index (χ0v) is 35.5. The van der Waals surface area contributed by atoms with E-state index in [0.29, 0.717) is 0 Å². The molecule has 4 aromatic carbocycles. The van der Waals surface area contributed by atoms with Crippen molar-refractivity contribution in [2.75, 3.05) is 19.1 Å². The fourth-order valence-electron chi connectivity index (χ4n) is 6.60. The first-order valence-electron chi connectivity index (χ1n) is 18.3. The molecule has 0 amide bonds. The normalized spacial score (nSPS) is 13.1. The fraction of sp³-hybridized carbons (Fsp3) is 0.273. The minimum atomic E-state index is -3.64. The molecule has 0 unspecified atom stereocenters. The third-order valence-corrected chi connectivity index (χ3v) is 11.3. The van der Waals surface area contributed by atoms with Crippen molar-refractivity contribution in [1.29, 1.82) is 0 Å². The summed E-state index contributed by atoms with van der Waals surface area (Å²) in [5.41, 5.74) is -3.51. The van der Waals surface area contributed by atoms with Crippen LogP contribution in [0, 0.1) is 11.6 Å². The Morgan fingerprint density at radius 2 is 1.03 bits per heavy atom. The number of sulfone groups is 2. The van der Waals surface area contributed by atoms with Crippen LogP contribution in [0.1, 0.15) is 69.7 Å². The van der Waals surface area contributed by atoms with Gasteiger partial charge in [0.25, 0.3) is 0 Å². The number of carbonyl (C=O) groups is 4. The summed E-state index contributed by atoms with van der Waals surface area (Å²) in [5, 5.41) is 10.4. The topological polar surface area (TPSA) is 184 Å². The van der Waals surface area contributed by atoms with E-state index in [-0.39, 0.29) is 68.2 Å². The van der Waals surface area contributed by atoms with E-state index in [2.05, 4.69) is 0 Å². The van der Waals surface area contributed by atoms with Crippen molar-refractivity contribution in [3.8, 4) is 0 Å². The van der Waals surface area contributed by atoms with E-state index in [1.807, 2.05) is 0 Å². The van der Waals surface area contributed by atoms with Crippen LogP contribution in [0.5, 0.6) is 0 Å². The van der Waals surface area contributed by atoms with E-state index in [1.165, 1.54) is 100 Å². The summed E-state index contributed by atoms with van der Waals surface area (Å²) in [5.74, 6) is -5.49. The molecule has 0 saturated carbocycles. The monoisotopic (exact) mass is 866 g/mol. The van der Waals surface area contributed by atoms with Crippen LogP contribution >= 0.6 is 0 Å². The maximum Gasteiger partial charge on any atom is 0.339 e. The Kier molecular flexibility index (Phi) is 14.4. The fourth-order valence-corrected chi connectivity index (χ4v) is 7.86. The molecular formula is C44H44F2O12S2. The molecule has 60 heavy (non-hydrogen) atoms. The number of carbonyl (C=O) groups excluding carboxylic acids is 3. The highest BCUT2D eigenvalue weighted by Gasteiger charge is 2.36. The molecule has 0 spiro atoms. The average molecular weight is 867 g/mol. The number of carboxylic acid groups (broad SMARTS) is 1. The first kappa shape index (κ1) is 46.7. The number of esters is 3. The molecule has 318 valence electrons. The highest BCUT2D eigenvalue weighted by molar-refractivity contribution is 7.91. The number of aliphatic carboxylic acids is 1. The Morgan fingerprint density at radius 1 is 0.617 bits per heavy atom. The molecule has 0 bridgehead atoms. The van der Waals surface area contributed by atoms with Crippen LogP contribution < -0.4 is 0 Å². The first-order chi connectivity index (χ1) is 27.8. The lowest BCUT2D eigenvalue weighted by atomic mass is 9.84. The molecule has 0 aromatic heterocycles. The number of benzene rings is 4. The number of hydrogen-bond donors (Lipinski definition) is 1. The number of carboxylic acids is 1. The molecule has 0 aliphatic rings. The van der Waals surface area contributed by atoms with Crippen molar-refractivity contribution in [1.82, 2.24) is 0 Å². The Bertz CT molecular complexity index is 2590. The molecule has 0 saturated heterocycles. The van der Waals surface area contributed by atoms with Crippen LogP contribution in [0.2, 0.25) is 0 Å². The molecule has 0 atom stereocenters. The summed E-state index contributed by atoms with van der Waals surface area (Å²) in [6.07, 6.45) is 1.53. The Labute approximate surface area is 347 Å². The van der Waals surface area contributed by atoms with Crippen molar-refractivity contribution < 1.29 is 64.1 Å². The standard InChI is InChI=1S/C44H44F2O12S2/c1-27(47)57-43(2,3)40(29-18-22-35(23-19-29)60(7,54)55)38(31-12-9-14-33(46)26-31)42(51)56-24-10-15-36(48)58-44(4,5)39(28-16-20-34(21-17-28)59(6,52)53)37(41(49)50)30-11-8-13-32(45)25-30/h8-9,11-14,16-23,25-26H,10,15,24H2,1-7H3,(H,49,50)/b39-37-,40-38-. The van der Waals surface area contributed by atoms with Gasteiger partial charge in [-0.25, -0.2) is 35.2 Å². The summed E-state index contributed by atoms with van der Waals surface area (Å²) in [6.45, 7) is 6.58. The second-order valence-electron chi connectivity index (χ2n) is 14.7. The molecular weight excluding hydrogens is 823 g/mol. The van der Waals surface area contributed by atoms with E-state index >= 15 is 0 Å². The number of halogens is 2. The van der Waals surface area contributed by atoms with Crippen LogP contribution in [0.15, 0.2) is 107 Å². The SMILES string of the molecule is CC(=O)OC(C)(C)/C(=C(\C(=O)OCCCC(=O)OC(C)(C)/C(=C(\C(=O)O)c1cccc(F)c1)c1ccc(S(C)(=O)=O)cc1)c1cccc(F)c1)c1ccc(S(C)(=O)=O)cc1. The van der Waals surface area contributed by atoms with E-state index in [9.17, 15) is 49.9 Å². The third-order valence-electron chi connectivity index (χ3n) is 9.02. The van der Waals surface area contributed by atoms with Crippen LogP contribution in [-0.4, -0.2) is 76.1 Å².